The van der Waals surface area contributed by atoms with Crippen molar-refractivity contribution in [3.05, 3.63) is 46.1 Å². The average Bonchev–Trinajstić information content (AvgIpc) is 2.67. The highest BCUT2D eigenvalue weighted by molar-refractivity contribution is 9.10. The molecule has 1 atom stereocenters. The fourth-order valence-electron chi connectivity index (χ4n) is 3.09. The molecule has 1 unspecified atom stereocenters. The zero-order valence-electron chi connectivity index (χ0n) is 19.4. The van der Waals surface area contributed by atoms with E-state index in [1.165, 1.54) is 0 Å². The van der Waals surface area contributed by atoms with Crippen LogP contribution in [0.5, 0.6) is 5.75 Å². The van der Waals surface area contributed by atoms with Crippen molar-refractivity contribution in [2.75, 3.05) is 11.9 Å². The summed E-state index contributed by atoms with van der Waals surface area (Å²) in [6, 6.07) is 7.27. The van der Waals surface area contributed by atoms with E-state index in [2.05, 4.69) is 31.0 Å². The predicted octanol–water partition coefficient (Wildman–Crippen LogP) is 4.77. The van der Waals surface area contributed by atoms with Gasteiger partial charge in [-0.25, -0.2) is 18.1 Å². The molecule has 1 aromatic carbocycles. The van der Waals surface area contributed by atoms with Gasteiger partial charge in [-0.05, 0) is 87.5 Å². The lowest BCUT2D eigenvalue weighted by Crippen LogP contribution is -2.27. The number of sulfonamides is 1. The molecule has 32 heavy (non-hydrogen) atoms. The lowest BCUT2D eigenvalue weighted by atomic mass is 10.1. The number of aliphatic hydroxyl groups excluding tert-OH is 1. The van der Waals surface area contributed by atoms with E-state index in [-0.39, 0.29) is 24.1 Å². The van der Waals surface area contributed by atoms with Crippen LogP contribution in [0.2, 0.25) is 0 Å². The Morgan fingerprint density at radius 1 is 1.22 bits per heavy atom. The summed E-state index contributed by atoms with van der Waals surface area (Å²) in [5.41, 5.74) is 1.39. The zero-order chi connectivity index (χ0) is 23.9. The second kappa shape index (κ2) is 11.4. The summed E-state index contributed by atoms with van der Waals surface area (Å²) in [7, 11) is -3.85. The van der Waals surface area contributed by atoms with Gasteiger partial charge in [0.1, 0.15) is 22.1 Å². The van der Waals surface area contributed by atoms with Crippen molar-refractivity contribution in [3.8, 4) is 5.75 Å². The van der Waals surface area contributed by atoms with E-state index in [9.17, 15) is 8.42 Å². The van der Waals surface area contributed by atoms with Crippen molar-refractivity contribution < 1.29 is 18.3 Å². The number of benzene rings is 1. The molecule has 178 valence electrons. The van der Waals surface area contributed by atoms with Gasteiger partial charge < -0.3 is 15.2 Å². The average molecular weight is 529 g/mol. The Kier molecular flexibility index (Phi) is 9.51. The molecule has 3 N–H and O–H groups in total. The number of nitrogens with zero attached hydrogens (tertiary/aromatic N) is 1. The summed E-state index contributed by atoms with van der Waals surface area (Å²) < 4.78 is 35.7. The first-order chi connectivity index (χ1) is 14.9. The molecular formula is C23H34BrN3O4S. The number of halogens is 1. The Hall–Kier alpha value is -1.68. The molecule has 0 saturated carbocycles. The second-order valence-corrected chi connectivity index (χ2v) is 11.6. The van der Waals surface area contributed by atoms with Gasteiger partial charge in [0.05, 0.1) is 0 Å². The van der Waals surface area contributed by atoms with Crippen LogP contribution in [0.25, 0.3) is 0 Å². The first-order valence-electron chi connectivity index (χ1n) is 10.7. The maximum atomic E-state index is 13.2. The van der Waals surface area contributed by atoms with Gasteiger partial charge in [-0.1, -0.05) is 12.1 Å². The van der Waals surface area contributed by atoms with Crippen molar-refractivity contribution in [1.82, 2.24) is 9.71 Å². The summed E-state index contributed by atoms with van der Waals surface area (Å²) in [6.07, 6.45) is 3.91. The van der Waals surface area contributed by atoms with Crippen molar-refractivity contribution in [2.45, 2.75) is 77.0 Å². The predicted molar refractivity (Wildman–Crippen MR) is 132 cm³/mol. The Labute approximate surface area is 200 Å². The Morgan fingerprint density at radius 3 is 2.59 bits per heavy atom. The number of aryl methyl sites for hydroxylation is 1. The fourth-order valence-corrected chi connectivity index (χ4v) is 4.72. The van der Waals surface area contributed by atoms with Gasteiger partial charge in [0.15, 0.2) is 0 Å². The molecule has 2 rings (SSSR count). The van der Waals surface area contributed by atoms with Crippen LogP contribution < -0.4 is 14.8 Å². The summed E-state index contributed by atoms with van der Waals surface area (Å²) in [4.78, 5) is 4.37. The number of anilines is 1. The highest BCUT2D eigenvalue weighted by atomic mass is 79.9. The zero-order valence-corrected chi connectivity index (χ0v) is 21.8. The van der Waals surface area contributed by atoms with Crippen molar-refractivity contribution in [2.24, 2.45) is 0 Å². The van der Waals surface area contributed by atoms with Crippen LogP contribution in [0, 0.1) is 6.92 Å². The number of aromatic nitrogens is 1. The van der Waals surface area contributed by atoms with Gasteiger partial charge in [-0.15, -0.1) is 0 Å². The smallest absolute Gasteiger partial charge is 0.244 e. The molecule has 1 heterocycles. The van der Waals surface area contributed by atoms with Crippen LogP contribution in [0.4, 0.5) is 5.82 Å². The third-order valence-electron chi connectivity index (χ3n) is 4.63. The Morgan fingerprint density at radius 2 is 1.94 bits per heavy atom. The number of rotatable bonds is 11. The van der Waals surface area contributed by atoms with E-state index < -0.39 is 15.6 Å². The first kappa shape index (κ1) is 26.6. The largest absolute Gasteiger partial charge is 0.488 e. The molecule has 1 aromatic heterocycles. The first-order valence-corrected chi connectivity index (χ1v) is 13.0. The molecule has 0 saturated heterocycles. The highest BCUT2D eigenvalue weighted by Gasteiger charge is 2.23. The summed E-state index contributed by atoms with van der Waals surface area (Å²) in [5.74, 6) is 0.954. The number of unbranched alkanes of at least 4 members (excludes halogenated alkanes) is 1. The van der Waals surface area contributed by atoms with Crippen LogP contribution in [-0.2, 0) is 16.6 Å². The lowest BCUT2D eigenvalue weighted by molar-refractivity contribution is 0.129. The third kappa shape index (κ3) is 8.35. The molecule has 0 amide bonds. The summed E-state index contributed by atoms with van der Waals surface area (Å²) >= 11 is 3.32. The van der Waals surface area contributed by atoms with E-state index in [1.807, 2.05) is 52.8 Å². The molecule has 7 nitrogen and oxygen atoms in total. The number of hydrogen-bond donors (Lipinski definition) is 3. The van der Waals surface area contributed by atoms with Crippen LogP contribution in [-0.4, -0.2) is 36.8 Å². The summed E-state index contributed by atoms with van der Waals surface area (Å²) in [5, 5.41) is 12.2. The van der Waals surface area contributed by atoms with Crippen LogP contribution in [0.1, 0.15) is 58.1 Å². The van der Waals surface area contributed by atoms with Crippen molar-refractivity contribution >= 4 is 31.8 Å². The Bertz CT molecular complexity index is 1010. The monoisotopic (exact) mass is 527 g/mol. The number of hydrogen-bond acceptors (Lipinski definition) is 6. The van der Waals surface area contributed by atoms with Crippen LogP contribution in [0.3, 0.4) is 0 Å². The number of aliphatic hydroxyl groups is 1. The molecule has 0 aliphatic rings. The number of nitrogens with one attached hydrogen (secondary N) is 2. The quantitative estimate of drug-likeness (QED) is 0.364. The molecule has 2 aromatic rings. The maximum Gasteiger partial charge on any atom is 0.244 e. The van der Waals surface area contributed by atoms with E-state index in [0.29, 0.717) is 22.5 Å². The van der Waals surface area contributed by atoms with Crippen LogP contribution in [0.15, 0.2) is 39.8 Å². The second-order valence-electron chi connectivity index (χ2n) is 8.92. The van der Waals surface area contributed by atoms with E-state index in [4.69, 9.17) is 9.84 Å². The van der Waals surface area contributed by atoms with Gasteiger partial charge in [-0.2, -0.15) is 0 Å². The fraction of sp³-hybridized carbons (Fsp3) is 0.522. The minimum absolute atomic E-state index is 0.00747. The minimum Gasteiger partial charge on any atom is -0.488 e. The standard InChI is InChI=1S/C23H34BrN3O4S/c1-16-9-10-18(20(12-16)31-23(3,4)5)14-26-32(29,30)21-13-19(24)15-25-22(21)27-17(2)8-6-7-11-28/h9-10,12-13,15,17,26,28H,6-8,11,14H2,1-5H3,(H,25,27). The molecular weight excluding hydrogens is 494 g/mol. The molecule has 0 radical (unpaired) electrons. The molecule has 0 fully saturated rings. The topological polar surface area (TPSA) is 101 Å². The van der Waals surface area contributed by atoms with Gasteiger partial charge in [0.25, 0.3) is 0 Å². The third-order valence-corrected chi connectivity index (χ3v) is 6.48. The van der Waals surface area contributed by atoms with E-state index in [0.717, 1.165) is 24.0 Å². The highest BCUT2D eigenvalue weighted by Crippen LogP contribution is 2.27. The van der Waals surface area contributed by atoms with Gasteiger partial charge in [0, 0.05) is 35.4 Å². The molecule has 0 aliphatic heterocycles. The van der Waals surface area contributed by atoms with Crippen molar-refractivity contribution in [3.63, 3.8) is 0 Å². The molecule has 0 bridgehead atoms. The van der Waals surface area contributed by atoms with E-state index >= 15 is 0 Å². The molecule has 0 spiro atoms. The lowest BCUT2D eigenvalue weighted by Gasteiger charge is -2.24. The van der Waals surface area contributed by atoms with Crippen molar-refractivity contribution in [1.29, 1.82) is 0 Å². The minimum atomic E-state index is -3.85. The molecule has 0 aliphatic carbocycles. The molecule has 9 heteroatoms. The van der Waals surface area contributed by atoms with Gasteiger partial charge in [-0.3, -0.25) is 0 Å². The maximum absolute atomic E-state index is 13.2. The summed E-state index contributed by atoms with van der Waals surface area (Å²) in [6.45, 7) is 10.0. The Balaban J connectivity index is 2.23. The SMILES string of the molecule is Cc1ccc(CNS(=O)(=O)c2cc(Br)cnc2NC(C)CCCCO)c(OC(C)(C)C)c1. The van der Waals surface area contributed by atoms with Crippen LogP contribution >= 0.6 is 15.9 Å². The number of ether oxygens (including phenoxy) is 1. The van der Waals surface area contributed by atoms with Gasteiger partial charge in [0.2, 0.25) is 10.0 Å². The van der Waals surface area contributed by atoms with E-state index in [1.54, 1.807) is 12.3 Å². The number of pyridine rings is 1. The van der Waals surface area contributed by atoms with Gasteiger partial charge >= 0.3 is 0 Å². The normalized spacial score (nSPS) is 13.1.